The van der Waals surface area contributed by atoms with E-state index in [9.17, 15) is 4.39 Å². The molecule has 1 N–H and O–H groups in total. The molecule has 11 heavy (non-hydrogen) atoms. The van der Waals surface area contributed by atoms with Crippen molar-refractivity contribution in [1.82, 2.24) is 15.5 Å². The van der Waals surface area contributed by atoms with Gasteiger partial charge in [-0.1, -0.05) is 0 Å². The number of halogens is 1. The van der Waals surface area contributed by atoms with Crippen molar-refractivity contribution in [3.63, 3.8) is 0 Å². The van der Waals surface area contributed by atoms with Crippen LogP contribution in [-0.2, 0) is 6.54 Å². The molecule has 0 aliphatic carbocycles. The van der Waals surface area contributed by atoms with Crippen molar-refractivity contribution in [2.45, 2.75) is 6.54 Å². The van der Waals surface area contributed by atoms with Crippen LogP contribution in [0.2, 0.25) is 0 Å². The molecule has 1 aromatic heterocycles. The van der Waals surface area contributed by atoms with Gasteiger partial charge < -0.3 is 5.32 Å². The first-order chi connectivity index (χ1) is 5.43. The highest BCUT2D eigenvalue weighted by Gasteiger charge is 1.90. The van der Waals surface area contributed by atoms with E-state index in [1.165, 1.54) is 0 Å². The summed E-state index contributed by atoms with van der Waals surface area (Å²) in [6, 6.07) is 3.65. The highest BCUT2D eigenvalue weighted by atomic mass is 19.1. The van der Waals surface area contributed by atoms with Crippen LogP contribution >= 0.6 is 0 Å². The van der Waals surface area contributed by atoms with Crippen LogP contribution in [0, 0.1) is 0 Å². The maximum Gasteiger partial charge on any atom is 0.102 e. The molecule has 0 aliphatic heterocycles. The second-order valence-electron chi connectivity index (χ2n) is 2.08. The predicted molar refractivity (Wildman–Crippen MR) is 39.7 cm³/mol. The Hall–Kier alpha value is -1.03. The molecule has 3 nitrogen and oxygen atoms in total. The van der Waals surface area contributed by atoms with E-state index in [0.29, 0.717) is 13.1 Å². The molecule has 0 saturated carbocycles. The standard InChI is InChI=1S/C7H10FN3/c8-3-5-9-6-7-2-1-4-10-11-7/h1-2,4,9H,3,5-6H2. The third kappa shape index (κ3) is 3.04. The zero-order chi connectivity index (χ0) is 7.94. The Balaban J connectivity index is 2.28. The van der Waals surface area contributed by atoms with Crippen LogP contribution in [0.15, 0.2) is 18.3 Å². The summed E-state index contributed by atoms with van der Waals surface area (Å²) in [4.78, 5) is 0. The van der Waals surface area contributed by atoms with Crippen molar-refractivity contribution in [3.8, 4) is 0 Å². The maximum absolute atomic E-state index is 11.6. The van der Waals surface area contributed by atoms with Gasteiger partial charge in [-0.2, -0.15) is 10.2 Å². The topological polar surface area (TPSA) is 37.8 Å². The quantitative estimate of drug-likeness (QED) is 0.645. The van der Waals surface area contributed by atoms with Crippen LogP contribution in [0.1, 0.15) is 5.69 Å². The van der Waals surface area contributed by atoms with Crippen molar-refractivity contribution in [3.05, 3.63) is 24.0 Å². The molecule has 4 heteroatoms. The van der Waals surface area contributed by atoms with Gasteiger partial charge in [0.05, 0.1) is 5.69 Å². The Morgan fingerprint density at radius 2 is 2.45 bits per heavy atom. The third-order valence-electron chi connectivity index (χ3n) is 1.20. The fourth-order valence-electron chi connectivity index (χ4n) is 0.711. The molecule has 1 heterocycles. The van der Waals surface area contributed by atoms with E-state index in [4.69, 9.17) is 0 Å². The summed E-state index contributed by atoms with van der Waals surface area (Å²) < 4.78 is 11.6. The van der Waals surface area contributed by atoms with Crippen molar-refractivity contribution in [2.75, 3.05) is 13.2 Å². The average Bonchev–Trinajstić information content (AvgIpc) is 2.07. The van der Waals surface area contributed by atoms with E-state index < -0.39 is 0 Å². The van der Waals surface area contributed by atoms with E-state index in [2.05, 4.69) is 15.5 Å². The SMILES string of the molecule is FCCNCc1cccnn1. The Labute approximate surface area is 64.6 Å². The van der Waals surface area contributed by atoms with E-state index in [1.807, 2.05) is 6.07 Å². The fourth-order valence-corrected chi connectivity index (χ4v) is 0.711. The van der Waals surface area contributed by atoms with Gasteiger partial charge in [0.1, 0.15) is 6.67 Å². The zero-order valence-electron chi connectivity index (χ0n) is 6.13. The average molecular weight is 155 g/mol. The molecule has 0 bridgehead atoms. The van der Waals surface area contributed by atoms with Gasteiger partial charge in [0.2, 0.25) is 0 Å². The van der Waals surface area contributed by atoms with Gasteiger partial charge in [-0.25, -0.2) is 4.39 Å². The number of alkyl halides is 1. The van der Waals surface area contributed by atoms with Gasteiger partial charge in [0.25, 0.3) is 0 Å². The first-order valence-electron chi connectivity index (χ1n) is 3.47. The van der Waals surface area contributed by atoms with Gasteiger partial charge in [-0.05, 0) is 12.1 Å². The monoisotopic (exact) mass is 155 g/mol. The third-order valence-corrected chi connectivity index (χ3v) is 1.20. The molecule has 0 aromatic carbocycles. The highest BCUT2D eigenvalue weighted by molar-refractivity contribution is 4.98. The summed E-state index contributed by atoms with van der Waals surface area (Å²) >= 11 is 0. The van der Waals surface area contributed by atoms with Crippen LogP contribution in [0.25, 0.3) is 0 Å². The smallest absolute Gasteiger partial charge is 0.102 e. The first kappa shape index (κ1) is 8.07. The van der Waals surface area contributed by atoms with Crippen LogP contribution in [0.4, 0.5) is 4.39 Å². The van der Waals surface area contributed by atoms with E-state index in [0.717, 1.165) is 5.69 Å². The predicted octanol–water partition coefficient (Wildman–Crippen LogP) is 0.536. The van der Waals surface area contributed by atoms with Crippen molar-refractivity contribution >= 4 is 0 Å². The molecule has 0 saturated heterocycles. The van der Waals surface area contributed by atoms with Gasteiger partial charge >= 0.3 is 0 Å². The van der Waals surface area contributed by atoms with Crippen LogP contribution < -0.4 is 5.32 Å². The van der Waals surface area contributed by atoms with Gasteiger partial charge in [-0.15, -0.1) is 0 Å². The number of rotatable bonds is 4. The van der Waals surface area contributed by atoms with Gasteiger partial charge in [0, 0.05) is 19.3 Å². The lowest BCUT2D eigenvalue weighted by molar-refractivity contribution is 0.465. The van der Waals surface area contributed by atoms with Crippen molar-refractivity contribution < 1.29 is 4.39 Å². The van der Waals surface area contributed by atoms with Crippen LogP contribution in [0.5, 0.6) is 0 Å². The molecule has 0 aliphatic rings. The zero-order valence-corrected chi connectivity index (χ0v) is 6.13. The number of hydrogen-bond acceptors (Lipinski definition) is 3. The van der Waals surface area contributed by atoms with Crippen LogP contribution in [0.3, 0.4) is 0 Å². The Morgan fingerprint density at radius 1 is 1.55 bits per heavy atom. The molecular weight excluding hydrogens is 145 g/mol. The van der Waals surface area contributed by atoms with Crippen molar-refractivity contribution in [1.29, 1.82) is 0 Å². The summed E-state index contributed by atoms with van der Waals surface area (Å²) in [5.41, 5.74) is 0.834. The fraction of sp³-hybridized carbons (Fsp3) is 0.429. The molecule has 0 amide bonds. The summed E-state index contributed by atoms with van der Waals surface area (Å²) in [5, 5.41) is 10.4. The molecule has 0 unspecified atom stereocenters. The van der Waals surface area contributed by atoms with E-state index in [-0.39, 0.29) is 6.67 Å². The number of aromatic nitrogens is 2. The molecule has 0 atom stereocenters. The minimum Gasteiger partial charge on any atom is -0.308 e. The molecule has 1 rings (SSSR count). The second kappa shape index (κ2) is 4.73. The van der Waals surface area contributed by atoms with E-state index in [1.54, 1.807) is 12.3 Å². The Morgan fingerprint density at radius 3 is 3.09 bits per heavy atom. The molecular formula is C7H10FN3. The largest absolute Gasteiger partial charge is 0.308 e. The molecule has 0 radical (unpaired) electrons. The Kier molecular flexibility index (Phi) is 3.47. The van der Waals surface area contributed by atoms with Crippen LogP contribution in [-0.4, -0.2) is 23.4 Å². The molecule has 60 valence electrons. The summed E-state index contributed by atoms with van der Waals surface area (Å²) in [7, 11) is 0. The van der Waals surface area contributed by atoms with Crippen molar-refractivity contribution in [2.24, 2.45) is 0 Å². The maximum atomic E-state index is 11.6. The minimum atomic E-state index is -0.347. The minimum absolute atomic E-state index is 0.347. The Bertz CT molecular complexity index is 190. The molecule has 1 aromatic rings. The summed E-state index contributed by atoms with van der Waals surface area (Å²) in [6.45, 7) is 0.606. The van der Waals surface area contributed by atoms with Gasteiger partial charge in [0.15, 0.2) is 0 Å². The van der Waals surface area contributed by atoms with Gasteiger partial charge in [-0.3, -0.25) is 0 Å². The lowest BCUT2D eigenvalue weighted by Gasteiger charge is -1.98. The second-order valence-corrected chi connectivity index (χ2v) is 2.08. The lowest BCUT2D eigenvalue weighted by atomic mass is 10.4. The number of nitrogens with zero attached hydrogens (tertiary/aromatic N) is 2. The lowest BCUT2D eigenvalue weighted by Crippen LogP contribution is -2.16. The highest BCUT2D eigenvalue weighted by Crippen LogP contribution is 1.88. The molecule has 0 spiro atoms. The van der Waals surface area contributed by atoms with E-state index >= 15 is 0 Å². The first-order valence-corrected chi connectivity index (χ1v) is 3.47. The number of nitrogens with one attached hydrogen (secondary N) is 1. The normalized spacial score (nSPS) is 9.91. The number of hydrogen-bond donors (Lipinski definition) is 1. The summed E-state index contributed by atoms with van der Waals surface area (Å²) in [5.74, 6) is 0. The summed E-state index contributed by atoms with van der Waals surface area (Å²) in [6.07, 6.45) is 1.61. The molecule has 0 fully saturated rings.